The van der Waals surface area contributed by atoms with Gasteiger partial charge in [-0.05, 0) is 42.1 Å². The van der Waals surface area contributed by atoms with E-state index >= 15 is 0 Å². The Morgan fingerprint density at radius 2 is 1.83 bits per heavy atom. The molecule has 0 amide bonds. The molecule has 9 heteroatoms. The Labute approximate surface area is 181 Å². The van der Waals surface area contributed by atoms with Gasteiger partial charge in [0.2, 0.25) is 0 Å². The molecule has 0 atom stereocenters. The highest BCUT2D eigenvalue weighted by Gasteiger charge is 2.26. The Bertz CT molecular complexity index is 1440. The van der Waals surface area contributed by atoms with Gasteiger partial charge in [0.25, 0.3) is 10.0 Å². The van der Waals surface area contributed by atoms with Gasteiger partial charge < -0.3 is 0 Å². The molecule has 6 nitrogen and oxygen atoms in total. The molecule has 0 bridgehead atoms. The van der Waals surface area contributed by atoms with Crippen molar-refractivity contribution in [3.8, 4) is 16.3 Å². The van der Waals surface area contributed by atoms with E-state index in [1.807, 2.05) is 73.0 Å². The minimum atomic E-state index is -3.90. The van der Waals surface area contributed by atoms with E-state index in [9.17, 15) is 8.42 Å². The average Bonchev–Trinajstić information content (AvgIpc) is 3.47. The Hall–Kier alpha value is -3.01. The first-order valence-corrected chi connectivity index (χ1v) is 12.3. The van der Waals surface area contributed by atoms with Crippen molar-refractivity contribution >= 4 is 48.0 Å². The third-order valence-electron chi connectivity index (χ3n) is 4.59. The van der Waals surface area contributed by atoms with Gasteiger partial charge in [-0.15, -0.1) is 11.3 Å². The molecule has 3 aromatic heterocycles. The summed E-state index contributed by atoms with van der Waals surface area (Å²) in [6, 6.07) is 19.0. The smallest absolute Gasteiger partial charge is 0.254 e. The van der Waals surface area contributed by atoms with Crippen molar-refractivity contribution in [3.05, 3.63) is 77.8 Å². The van der Waals surface area contributed by atoms with Crippen LogP contribution in [0.3, 0.4) is 0 Å². The summed E-state index contributed by atoms with van der Waals surface area (Å²) in [4.78, 5) is 5.38. The fourth-order valence-electron chi connectivity index (χ4n) is 3.15. The molecular formula is C21H16N4O2S3. The Balaban J connectivity index is 1.60. The van der Waals surface area contributed by atoms with Crippen molar-refractivity contribution in [1.29, 1.82) is 0 Å². The van der Waals surface area contributed by atoms with Crippen LogP contribution in [-0.2, 0) is 10.0 Å². The molecular weight excluding hydrogens is 436 g/mol. The average molecular weight is 453 g/mol. The van der Waals surface area contributed by atoms with Gasteiger partial charge in [-0.25, -0.2) is 18.1 Å². The molecule has 0 spiro atoms. The monoisotopic (exact) mass is 452 g/mol. The zero-order valence-electron chi connectivity index (χ0n) is 15.8. The molecule has 0 aliphatic rings. The number of nitrogens with one attached hydrogen (secondary N) is 1. The molecule has 0 aliphatic heterocycles. The van der Waals surface area contributed by atoms with Crippen molar-refractivity contribution in [2.45, 2.75) is 11.8 Å². The van der Waals surface area contributed by atoms with Crippen molar-refractivity contribution in [3.63, 3.8) is 0 Å². The van der Waals surface area contributed by atoms with E-state index in [2.05, 4.69) is 14.8 Å². The molecule has 0 fully saturated rings. The van der Waals surface area contributed by atoms with Crippen LogP contribution in [0.2, 0.25) is 0 Å². The largest absolute Gasteiger partial charge is 0.267 e. The van der Waals surface area contributed by atoms with Crippen molar-refractivity contribution in [1.82, 2.24) is 14.8 Å². The molecule has 1 N–H and O–H groups in total. The molecule has 2 aromatic carbocycles. The molecule has 150 valence electrons. The van der Waals surface area contributed by atoms with E-state index in [4.69, 9.17) is 0 Å². The second kappa shape index (κ2) is 7.35. The molecule has 0 aliphatic carbocycles. The van der Waals surface area contributed by atoms with Gasteiger partial charge in [-0.2, -0.15) is 5.10 Å². The fourth-order valence-corrected chi connectivity index (χ4v) is 6.26. The zero-order chi connectivity index (χ0) is 20.7. The lowest BCUT2D eigenvalue weighted by Crippen LogP contribution is -2.13. The molecule has 0 radical (unpaired) electrons. The highest BCUT2D eigenvalue weighted by molar-refractivity contribution is 7.93. The number of aromatic nitrogens is 3. The summed E-state index contributed by atoms with van der Waals surface area (Å²) in [5.41, 5.74) is 3.01. The normalized spacial score (nSPS) is 11.8. The maximum Gasteiger partial charge on any atom is 0.267 e. The van der Waals surface area contributed by atoms with Crippen molar-refractivity contribution in [2.24, 2.45) is 0 Å². The fraction of sp³-hybridized carbons (Fsp3) is 0.0476. The summed E-state index contributed by atoms with van der Waals surface area (Å²) in [6.45, 7) is 1.96. The van der Waals surface area contributed by atoms with E-state index in [0.29, 0.717) is 10.8 Å². The van der Waals surface area contributed by atoms with Crippen LogP contribution in [0.4, 0.5) is 5.13 Å². The number of sulfonamides is 1. The summed E-state index contributed by atoms with van der Waals surface area (Å²) in [5, 5.41) is 6.82. The first-order chi connectivity index (χ1) is 14.5. The molecule has 0 saturated heterocycles. The summed E-state index contributed by atoms with van der Waals surface area (Å²) in [5.74, 6) is 0. The number of hydrogen-bond acceptors (Lipinski definition) is 6. The Kier molecular flexibility index (Phi) is 4.65. The maximum atomic E-state index is 13.3. The Morgan fingerprint density at radius 3 is 2.57 bits per heavy atom. The molecule has 5 rings (SSSR count). The number of hydrogen-bond donors (Lipinski definition) is 1. The van der Waals surface area contributed by atoms with Gasteiger partial charge >= 0.3 is 0 Å². The minimum absolute atomic E-state index is 0.116. The van der Waals surface area contributed by atoms with E-state index in [-0.39, 0.29) is 4.90 Å². The molecule has 0 saturated carbocycles. The van der Waals surface area contributed by atoms with Crippen LogP contribution in [0.15, 0.2) is 77.1 Å². The number of benzene rings is 2. The van der Waals surface area contributed by atoms with E-state index in [1.54, 1.807) is 10.9 Å². The van der Waals surface area contributed by atoms with Gasteiger partial charge in [-0.3, -0.25) is 4.72 Å². The number of thiophene rings is 1. The zero-order valence-corrected chi connectivity index (χ0v) is 18.3. The molecule has 0 unspecified atom stereocenters. The first-order valence-electron chi connectivity index (χ1n) is 9.09. The van der Waals surface area contributed by atoms with Crippen LogP contribution < -0.4 is 4.72 Å². The van der Waals surface area contributed by atoms with E-state index in [0.717, 1.165) is 26.3 Å². The van der Waals surface area contributed by atoms with Gasteiger partial charge in [0, 0.05) is 0 Å². The topological polar surface area (TPSA) is 76.9 Å². The Morgan fingerprint density at radius 1 is 1.00 bits per heavy atom. The summed E-state index contributed by atoms with van der Waals surface area (Å²) < 4.78 is 31.8. The van der Waals surface area contributed by atoms with Crippen LogP contribution >= 0.6 is 22.7 Å². The second-order valence-electron chi connectivity index (χ2n) is 6.65. The molecule has 5 aromatic rings. The number of rotatable bonds is 5. The van der Waals surface area contributed by atoms with E-state index in [1.165, 1.54) is 22.7 Å². The standard InChI is InChI=1S/C21H16N4O2S3/c1-14-7-5-10-17-19(14)22-21(29-17)24-30(26,27)18-13-25(15-8-3-2-4-9-15)23-20(18)16-11-6-12-28-16/h2-13H,1H3,(H,22,24). The molecule has 30 heavy (non-hydrogen) atoms. The van der Waals surface area contributed by atoms with Crippen LogP contribution in [0.25, 0.3) is 26.5 Å². The van der Waals surface area contributed by atoms with Crippen LogP contribution in [-0.4, -0.2) is 23.2 Å². The van der Waals surface area contributed by atoms with Crippen LogP contribution in [0, 0.1) is 6.92 Å². The third kappa shape index (κ3) is 3.41. The first kappa shape index (κ1) is 19.0. The quantitative estimate of drug-likeness (QED) is 0.392. The third-order valence-corrected chi connectivity index (χ3v) is 7.87. The number of fused-ring (bicyclic) bond motifs is 1. The van der Waals surface area contributed by atoms with Crippen LogP contribution in [0.5, 0.6) is 0 Å². The summed E-state index contributed by atoms with van der Waals surface area (Å²) in [7, 11) is -3.90. The number of anilines is 1. The van der Waals surface area contributed by atoms with Gasteiger partial charge in [0.05, 0.1) is 27.0 Å². The predicted octanol–water partition coefficient (Wildman–Crippen LogP) is 5.32. The lowest BCUT2D eigenvalue weighted by molar-refractivity contribution is 0.601. The summed E-state index contributed by atoms with van der Waals surface area (Å²) >= 11 is 2.76. The van der Waals surface area contributed by atoms with Gasteiger partial charge in [0.15, 0.2) is 5.13 Å². The molecule has 3 heterocycles. The minimum Gasteiger partial charge on any atom is -0.254 e. The van der Waals surface area contributed by atoms with E-state index < -0.39 is 10.0 Å². The number of thiazole rings is 1. The lowest BCUT2D eigenvalue weighted by Gasteiger charge is -2.04. The number of para-hydroxylation sites is 2. The number of nitrogens with zero attached hydrogens (tertiary/aromatic N) is 3. The van der Waals surface area contributed by atoms with Crippen molar-refractivity contribution in [2.75, 3.05) is 4.72 Å². The lowest BCUT2D eigenvalue weighted by atomic mass is 10.2. The highest BCUT2D eigenvalue weighted by Crippen LogP contribution is 2.34. The van der Waals surface area contributed by atoms with Crippen LogP contribution in [0.1, 0.15) is 5.56 Å². The van der Waals surface area contributed by atoms with Gasteiger partial charge in [0.1, 0.15) is 10.6 Å². The van der Waals surface area contributed by atoms with Gasteiger partial charge in [-0.1, -0.05) is 47.7 Å². The second-order valence-corrected chi connectivity index (χ2v) is 10.3. The van der Waals surface area contributed by atoms with Crippen molar-refractivity contribution < 1.29 is 8.42 Å². The summed E-state index contributed by atoms with van der Waals surface area (Å²) in [6.07, 6.45) is 1.55. The number of aryl methyl sites for hydroxylation is 1. The maximum absolute atomic E-state index is 13.3. The SMILES string of the molecule is Cc1cccc2sc(NS(=O)(=O)c3cn(-c4ccccc4)nc3-c3cccs3)nc12. The highest BCUT2D eigenvalue weighted by atomic mass is 32.2. The predicted molar refractivity (Wildman–Crippen MR) is 122 cm³/mol.